The smallest absolute Gasteiger partial charge is 0.115 e. The predicted octanol–water partition coefficient (Wildman–Crippen LogP) is 1.87. The van der Waals surface area contributed by atoms with E-state index in [1.165, 1.54) is 5.56 Å². The number of aromatic hydroxyl groups is 1. The van der Waals surface area contributed by atoms with Crippen LogP contribution in [0.25, 0.3) is 0 Å². The molecule has 1 heterocycles. The standard InChI is InChI=1S/C15H21NO2/c1-14(2)13-8-10-4-5-11(17)9-12(10)15(14,18)6-7-16(13)3/h4-5,9,13,17-18H,6-8H2,1-3H3. The van der Waals surface area contributed by atoms with Crippen molar-refractivity contribution in [3.63, 3.8) is 0 Å². The maximum absolute atomic E-state index is 11.2. The number of hydrogen-bond acceptors (Lipinski definition) is 3. The first-order chi connectivity index (χ1) is 8.36. The summed E-state index contributed by atoms with van der Waals surface area (Å²) in [4.78, 5) is 2.35. The molecule has 2 aliphatic rings. The second-order valence-corrected chi connectivity index (χ2v) is 6.37. The van der Waals surface area contributed by atoms with Crippen LogP contribution in [0.3, 0.4) is 0 Å². The Morgan fingerprint density at radius 3 is 2.78 bits per heavy atom. The van der Waals surface area contributed by atoms with Gasteiger partial charge in [-0.3, -0.25) is 0 Å². The topological polar surface area (TPSA) is 43.7 Å². The Morgan fingerprint density at radius 2 is 2.06 bits per heavy atom. The van der Waals surface area contributed by atoms with Gasteiger partial charge in [0.1, 0.15) is 5.75 Å². The number of nitrogens with zero attached hydrogens (tertiary/aromatic N) is 1. The molecule has 0 saturated carbocycles. The number of phenols is 1. The van der Waals surface area contributed by atoms with Gasteiger partial charge in [-0.15, -0.1) is 0 Å². The van der Waals surface area contributed by atoms with E-state index in [4.69, 9.17) is 0 Å². The molecule has 1 aromatic rings. The van der Waals surface area contributed by atoms with Crippen molar-refractivity contribution in [1.29, 1.82) is 0 Å². The van der Waals surface area contributed by atoms with Crippen molar-refractivity contribution in [1.82, 2.24) is 4.90 Å². The Bertz CT molecular complexity index is 497. The lowest BCUT2D eigenvalue weighted by Gasteiger charge is -2.58. The molecule has 3 nitrogen and oxygen atoms in total. The van der Waals surface area contributed by atoms with Crippen LogP contribution in [0.5, 0.6) is 5.75 Å². The van der Waals surface area contributed by atoms with Crippen LogP contribution in [0.15, 0.2) is 18.2 Å². The number of rotatable bonds is 0. The molecule has 1 aliphatic heterocycles. The summed E-state index contributed by atoms with van der Waals surface area (Å²) in [6.45, 7) is 5.18. The van der Waals surface area contributed by atoms with Crippen LogP contribution in [-0.2, 0) is 12.0 Å². The van der Waals surface area contributed by atoms with Gasteiger partial charge in [0.15, 0.2) is 0 Å². The van der Waals surface area contributed by atoms with Crippen LogP contribution in [0.2, 0.25) is 0 Å². The summed E-state index contributed by atoms with van der Waals surface area (Å²) < 4.78 is 0. The molecular weight excluding hydrogens is 226 g/mol. The molecule has 0 spiro atoms. The van der Waals surface area contributed by atoms with Gasteiger partial charge in [0.2, 0.25) is 0 Å². The number of aliphatic hydroxyl groups is 1. The average molecular weight is 247 g/mol. The van der Waals surface area contributed by atoms with Crippen LogP contribution in [0.1, 0.15) is 31.4 Å². The summed E-state index contributed by atoms with van der Waals surface area (Å²) in [5.41, 5.74) is 1.08. The third-order valence-electron chi connectivity index (χ3n) is 5.21. The lowest BCUT2D eigenvalue weighted by atomic mass is 9.56. The molecule has 3 heteroatoms. The van der Waals surface area contributed by atoms with E-state index in [0.717, 1.165) is 24.9 Å². The van der Waals surface area contributed by atoms with Gasteiger partial charge < -0.3 is 15.1 Å². The summed E-state index contributed by atoms with van der Waals surface area (Å²) in [6.07, 6.45) is 1.67. The van der Waals surface area contributed by atoms with E-state index in [2.05, 4.69) is 25.8 Å². The van der Waals surface area contributed by atoms with Gasteiger partial charge in [-0.05, 0) is 43.1 Å². The lowest BCUT2D eigenvalue weighted by molar-refractivity contribution is -0.159. The molecule has 1 aliphatic carbocycles. The number of hydrogen-bond donors (Lipinski definition) is 2. The quantitative estimate of drug-likeness (QED) is 0.735. The molecule has 2 atom stereocenters. The van der Waals surface area contributed by atoms with Crippen LogP contribution in [0.4, 0.5) is 0 Å². The summed E-state index contributed by atoms with van der Waals surface area (Å²) in [5, 5.41) is 20.9. The van der Waals surface area contributed by atoms with Crippen LogP contribution in [0, 0.1) is 5.41 Å². The van der Waals surface area contributed by atoms with Crippen molar-refractivity contribution in [2.45, 2.75) is 38.3 Å². The molecular formula is C15H21NO2. The molecule has 2 unspecified atom stereocenters. The Balaban J connectivity index is 2.22. The Labute approximate surface area is 108 Å². The molecule has 1 saturated heterocycles. The molecule has 1 fully saturated rings. The van der Waals surface area contributed by atoms with E-state index in [9.17, 15) is 10.2 Å². The van der Waals surface area contributed by atoms with Crippen LogP contribution >= 0.6 is 0 Å². The molecule has 0 aromatic heterocycles. The molecule has 98 valence electrons. The van der Waals surface area contributed by atoms with E-state index in [1.807, 2.05) is 6.07 Å². The maximum atomic E-state index is 11.2. The van der Waals surface area contributed by atoms with E-state index in [0.29, 0.717) is 6.04 Å². The van der Waals surface area contributed by atoms with Gasteiger partial charge in [-0.1, -0.05) is 19.9 Å². The first kappa shape index (κ1) is 12.0. The minimum atomic E-state index is -0.823. The average Bonchev–Trinajstić information content (AvgIpc) is 2.30. The van der Waals surface area contributed by atoms with Gasteiger partial charge in [-0.25, -0.2) is 0 Å². The highest BCUT2D eigenvalue weighted by atomic mass is 16.3. The fourth-order valence-electron chi connectivity index (χ4n) is 3.87. The normalized spacial score (nSPS) is 34.1. The molecule has 1 aromatic carbocycles. The van der Waals surface area contributed by atoms with Crippen LogP contribution in [-0.4, -0.2) is 34.7 Å². The second-order valence-electron chi connectivity index (χ2n) is 6.37. The minimum absolute atomic E-state index is 0.194. The first-order valence-electron chi connectivity index (χ1n) is 6.61. The number of phenolic OH excluding ortho intramolecular Hbond substituents is 1. The van der Waals surface area contributed by atoms with Crippen molar-refractivity contribution in [3.8, 4) is 5.75 Å². The molecule has 18 heavy (non-hydrogen) atoms. The fourth-order valence-corrected chi connectivity index (χ4v) is 3.87. The van der Waals surface area contributed by atoms with E-state index in [1.54, 1.807) is 12.1 Å². The maximum Gasteiger partial charge on any atom is 0.115 e. The molecule has 0 radical (unpaired) electrons. The van der Waals surface area contributed by atoms with Crippen molar-refractivity contribution >= 4 is 0 Å². The van der Waals surface area contributed by atoms with Gasteiger partial charge in [0.05, 0.1) is 5.60 Å². The van der Waals surface area contributed by atoms with E-state index in [-0.39, 0.29) is 11.2 Å². The monoisotopic (exact) mass is 247 g/mol. The number of likely N-dealkylation sites (tertiary alicyclic amines) is 1. The summed E-state index contributed by atoms with van der Waals surface area (Å²) in [5.74, 6) is 0.246. The summed E-state index contributed by atoms with van der Waals surface area (Å²) >= 11 is 0. The zero-order chi connectivity index (χ0) is 13.1. The molecule has 2 N–H and O–H groups in total. The van der Waals surface area contributed by atoms with E-state index >= 15 is 0 Å². The highest BCUT2D eigenvalue weighted by molar-refractivity contribution is 5.44. The second kappa shape index (κ2) is 3.49. The van der Waals surface area contributed by atoms with Crippen molar-refractivity contribution < 1.29 is 10.2 Å². The van der Waals surface area contributed by atoms with Gasteiger partial charge >= 0.3 is 0 Å². The summed E-state index contributed by atoms with van der Waals surface area (Å²) in [6, 6.07) is 5.78. The number of piperidine rings is 1. The van der Waals surface area contributed by atoms with Gasteiger partial charge in [-0.2, -0.15) is 0 Å². The third kappa shape index (κ3) is 1.32. The Hall–Kier alpha value is -1.06. The zero-order valence-electron chi connectivity index (χ0n) is 11.3. The lowest BCUT2D eigenvalue weighted by Crippen LogP contribution is -2.63. The number of likely N-dealkylation sites (N-methyl/N-ethyl adjacent to an activating group) is 1. The van der Waals surface area contributed by atoms with Gasteiger partial charge in [0.25, 0.3) is 0 Å². The first-order valence-corrected chi connectivity index (χ1v) is 6.61. The highest BCUT2D eigenvalue weighted by Gasteiger charge is 2.57. The van der Waals surface area contributed by atoms with Gasteiger partial charge in [0, 0.05) is 18.0 Å². The number of fused-ring (bicyclic) bond motifs is 4. The number of benzene rings is 1. The van der Waals surface area contributed by atoms with Crippen molar-refractivity contribution in [2.24, 2.45) is 5.41 Å². The molecule has 0 amide bonds. The molecule has 2 bridgehead atoms. The van der Waals surface area contributed by atoms with Crippen molar-refractivity contribution in [2.75, 3.05) is 13.6 Å². The van der Waals surface area contributed by atoms with Crippen molar-refractivity contribution in [3.05, 3.63) is 29.3 Å². The SMILES string of the molecule is CN1CCC2(O)c3cc(O)ccc3CC1C2(C)C. The zero-order valence-corrected chi connectivity index (χ0v) is 11.3. The highest BCUT2D eigenvalue weighted by Crippen LogP contribution is 2.54. The fraction of sp³-hybridized carbons (Fsp3) is 0.600. The predicted molar refractivity (Wildman–Crippen MR) is 70.5 cm³/mol. The third-order valence-corrected chi connectivity index (χ3v) is 5.21. The largest absolute Gasteiger partial charge is 0.508 e. The van der Waals surface area contributed by atoms with E-state index < -0.39 is 5.60 Å². The Morgan fingerprint density at radius 1 is 1.33 bits per heavy atom. The minimum Gasteiger partial charge on any atom is -0.508 e. The Kier molecular flexibility index (Phi) is 2.32. The van der Waals surface area contributed by atoms with Crippen LogP contribution < -0.4 is 0 Å². The molecule has 3 rings (SSSR count). The summed E-state index contributed by atoms with van der Waals surface area (Å²) in [7, 11) is 2.14.